The van der Waals surface area contributed by atoms with E-state index in [0.717, 1.165) is 29.7 Å². The smallest absolute Gasteiger partial charge is 0.204 e. The molecule has 0 atom stereocenters. The van der Waals surface area contributed by atoms with Crippen LogP contribution in [0.3, 0.4) is 0 Å². The molecule has 0 aliphatic rings. The largest absolute Gasteiger partial charge is 0.252 e. The molecule has 0 saturated heterocycles. The Morgan fingerprint density at radius 1 is 1.21 bits per heavy atom. The van der Waals surface area contributed by atoms with Crippen molar-refractivity contribution in [2.75, 3.05) is 5.43 Å². The molecular weight excluding hydrogens is 342 g/mol. The molecule has 19 heavy (non-hydrogen) atoms. The summed E-state index contributed by atoms with van der Waals surface area (Å²) >= 11 is 6.72. The van der Waals surface area contributed by atoms with Crippen LogP contribution >= 0.6 is 38.6 Å². The van der Waals surface area contributed by atoms with Gasteiger partial charge in [0.25, 0.3) is 0 Å². The predicted molar refractivity (Wildman–Crippen MR) is 87.5 cm³/mol. The maximum Gasteiger partial charge on any atom is 0.204 e. The average Bonchev–Trinajstić information content (AvgIpc) is 3.01. The van der Waals surface area contributed by atoms with Crippen molar-refractivity contribution in [3.05, 3.63) is 45.1 Å². The standard InChI is InChI=1S/C13H10BrN3S2/c1-8(10-6-7-12(14)18-10)16-17-13-15-9-4-2-3-5-11(9)19-13/h2-7H,1H3,(H,15,17). The lowest BCUT2D eigenvalue weighted by Crippen LogP contribution is -1.96. The number of hydrogen-bond donors (Lipinski definition) is 1. The number of fused-ring (bicyclic) bond motifs is 1. The van der Waals surface area contributed by atoms with Crippen LogP contribution in [0, 0.1) is 0 Å². The maximum atomic E-state index is 4.48. The van der Waals surface area contributed by atoms with Crippen LogP contribution in [0.15, 0.2) is 45.3 Å². The molecule has 1 N–H and O–H groups in total. The van der Waals surface area contributed by atoms with Crippen LogP contribution in [0.4, 0.5) is 5.13 Å². The Morgan fingerprint density at radius 3 is 2.79 bits per heavy atom. The van der Waals surface area contributed by atoms with E-state index >= 15 is 0 Å². The summed E-state index contributed by atoms with van der Waals surface area (Å²) in [6, 6.07) is 12.1. The Balaban J connectivity index is 1.81. The van der Waals surface area contributed by atoms with Gasteiger partial charge in [-0.2, -0.15) is 5.10 Å². The van der Waals surface area contributed by atoms with Gasteiger partial charge >= 0.3 is 0 Å². The molecule has 2 aromatic heterocycles. The summed E-state index contributed by atoms with van der Waals surface area (Å²) in [6.07, 6.45) is 0. The molecule has 6 heteroatoms. The van der Waals surface area contributed by atoms with Gasteiger partial charge in [0.2, 0.25) is 5.13 Å². The Bertz CT molecular complexity index is 712. The Kier molecular flexibility index (Phi) is 3.63. The summed E-state index contributed by atoms with van der Waals surface area (Å²) in [5.41, 5.74) is 4.98. The minimum Gasteiger partial charge on any atom is -0.252 e. The zero-order valence-corrected chi connectivity index (χ0v) is 13.3. The first kappa shape index (κ1) is 12.8. The molecule has 0 fully saturated rings. The normalized spacial score (nSPS) is 12.0. The summed E-state index contributed by atoms with van der Waals surface area (Å²) in [4.78, 5) is 5.62. The third kappa shape index (κ3) is 2.86. The van der Waals surface area contributed by atoms with Gasteiger partial charge in [0.1, 0.15) is 0 Å². The number of nitrogens with zero attached hydrogens (tertiary/aromatic N) is 2. The van der Waals surface area contributed by atoms with E-state index in [1.165, 1.54) is 0 Å². The van der Waals surface area contributed by atoms with Crippen LogP contribution in [-0.4, -0.2) is 10.7 Å². The van der Waals surface area contributed by atoms with Crippen molar-refractivity contribution in [2.45, 2.75) is 6.92 Å². The Hall–Kier alpha value is -1.24. The first-order valence-electron chi connectivity index (χ1n) is 5.64. The quantitative estimate of drug-likeness (QED) is 0.535. The van der Waals surface area contributed by atoms with E-state index in [-0.39, 0.29) is 0 Å². The second-order valence-corrected chi connectivity index (χ2v) is 7.39. The van der Waals surface area contributed by atoms with Crippen LogP contribution in [0.1, 0.15) is 11.8 Å². The third-order valence-electron chi connectivity index (χ3n) is 2.54. The van der Waals surface area contributed by atoms with Crippen LogP contribution in [0.5, 0.6) is 0 Å². The number of thiophene rings is 1. The molecule has 96 valence electrons. The second kappa shape index (κ2) is 5.40. The van der Waals surface area contributed by atoms with Gasteiger partial charge in [0.05, 0.1) is 24.6 Å². The molecule has 3 rings (SSSR count). The average molecular weight is 352 g/mol. The van der Waals surface area contributed by atoms with Crippen molar-refractivity contribution in [1.29, 1.82) is 0 Å². The van der Waals surface area contributed by atoms with Gasteiger partial charge in [0.15, 0.2) is 0 Å². The van der Waals surface area contributed by atoms with Crippen LogP contribution < -0.4 is 5.43 Å². The van der Waals surface area contributed by atoms with Crippen LogP contribution in [0.25, 0.3) is 10.2 Å². The van der Waals surface area contributed by atoms with E-state index < -0.39 is 0 Å². The summed E-state index contributed by atoms with van der Waals surface area (Å²) in [6.45, 7) is 1.98. The Morgan fingerprint density at radius 2 is 2.05 bits per heavy atom. The van der Waals surface area contributed by atoms with E-state index in [4.69, 9.17) is 0 Å². The highest BCUT2D eigenvalue weighted by Gasteiger charge is 2.04. The molecule has 1 aromatic carbocycles. The number of aromatic nitrogens is 1. The van der Waals surface area contributed by atoms with Crippen molar-refractivity contribution in [3.63, 3.8) is 0 Å². The molecule has 0 radical (unpaired) electrons. The number of anilines is 1. The number of hydrazone groups is 1. The van der Waals surface area contributed by atoms with E-state index in [2.05, 4.69) is 37.5 Å². The zero-order valence-electron chi connectivity index (χ0n) is 10.1. The predicted octanol–water partition coefficient (Wildman–Crippen LogP) is 4.96. The zero-order chi connectivity index (χ0) is 13.2. The van der Waals surface area contributed by atoms with Gasteiger partial charge in [0, 0.05) is 0 Å². The lowest BCUT2D eigenvalue weighted by Gasteiger charge is -1.96. The molecule has 3 nitrogen and oxygen atoms in total. The lowest BCUT2D eigenvalue weighted by atomic mass is 10.3. The van der Waals surface area contributed by atoms with Gasteiger partial charge in [-0.3, -0.25) is 5.43 Å². The molecule has 0 unspecified atom stereocenters. The van der Waals surface area contributed by atoms with Gasteiger partial charge in [-0.05, 0) is 47.1 Å². The highest BCUT2D eigenvalue weighted by molar-refractivity contribution is 9.11. The van der Waals surface area contributed by atoms with Gasteiger partial charge < -0.3 is 0 Å². The fourth-order valence-corrected chi connectivity index (χ4v) is 3.75. The highest BCUT2D eigenvalue weighted by atomic mass is 79.9. The maximum absolute atomic E-state index is 4.48. The molecule has 2 heterocycles. The number of hydrogen-bond acceptors (Lipinski definition) is 5. The van der Waals surface area contributed by atoms with Crippen molar-refractivity contribution < 1.29 is 0 Å². The van der Waals surface area contributed by atoms with E-state index in [1.54, 1.807) is 22.7 Å². The molecule has 0 spiro atoms. The van der Waals surface area contributed by atoms with Gasteiger partial charge in [-0.1, -0.05) is 23.5 Å². The lowest BCUT2D eigenvalue weighted by molar-refractivity contribution is 1.29. The first-order valence-corrected chi connectivity index (χ1v) is 8.06. The third-order valence-corrected chi connectivity index (χ3v) is 5.22. The van der Waals surface area contributed by atoms with E-state index in [9.17, 15) is 0 Å². The first-order chi connectivity index (χ1) is 9.22. The van der Waals surface area contributed by atoms with Gasteiger partial charge in [-0.15, -0.1) is 11.3 Å². The topological polar surface area (TPSA) is 37.3 Å². The van der Waals surface area contributed by atoms with Gasteiger partial charge in [-0.25, -0.2) is 4.98 Å². The second-order valence-electron chi connectivity index (χ2n) is 3.90. The molecule has 0 saturated carbocycles. The summed E-state index contributed by atoms with van der Waals surface area (Å²) < 4.78 is 2.27. The summed E-state index contributed by atoms with van der Waals surface area (Å²) in [5.74, 6) is 0. The number of rotatable bonds is 3. The number of para-hydroxylation sites is 1. The molecule has 0 aliphatic heterocycles. The van der Waals surface area contributed by atoms with Crippen molar-refractivity contribution in [3.8, 4) is 0 Å². The Labute approximate surface area is 127 Å². The molecule has 0 aliphatic carbocycles. The monoisotopic (exact) mass is 351 g/mol. The minimum absolute atomic E-state index is 0.816. The highest BCUT2D eigenvalue weighted by Crippen LogP contribution is 2.26. The van der Waals surface area contributed by atoms with Crippen molar-refractivity contribution in [2.24, 2.45) is 5.10 Å². The number of benzene rings is 1. The number of thiazole rings is 1. The fraction of sp³-hybridized carbons (Fsp3) is 0.0769. The molecule has 0 bridgehead atoms. The minimum atomic E-state index is 0.816. The fourth-order valence-electron chi connectivity index (χ4n) is 1.62. The van der Waals surface area contributed by atoms with Crippen LogP contribution in [0.2, 0.25) is 0 Å². The molecular formula is C13H10BrN3S2. The van der Waals surface area contributed by atoms with E-state index in [1.807, 2.05) is 37.3 Å². The van der Waals surface area contributed by atoms with Crippen molar-refractivity contribution >= 4 is 59.7 Å². The summed E-state index contributed by atoms with van der Waals surface area (Å²) in [7, 11) is 0. The van der Waals surface area contributed by atoms with Crippen molar-refractivity contribution in [1.82, 2.24) is 4.98 Å². The number of halogens is 1. The van der Waals surface area contributed by atoms with E-state index in [0.29, 0.717) is 0 Å². The van der Waals surface area contributed by atoms with Crippen LogP contribution in [-0.2, 0) is 0 Å². The SMILES string of the molecule is CC(=NNc1nc2ccccc2s1)c1ccc(Br)s1. The summed E-state index contributed by atoms with van der Waals surface area (Å²) in [5, 5.41) is 5.19. The number of nitrogens with one attached hydrogen (secondary N) is 1. The molecule has 0 amide bonds. The molecule has 3 aromatic rings.